The Kier molecular flexibility index (Phi) is 4.74. The first kappa shape index (κ1) is 14.5. The third-order valence-corrected chi connectivity index (χ3v) is 3.54. The standard InChI is InChI=1S/C15H15BrN2O2/c1-2-12-6-7-14(9-15(12)18(19)20)17-10-11-4-3-5-13(16)8-11/h3-9,17H,2,10H2,1H3. The Morgan fingerprint density at radius 3 is 2.70 bits per heavy atom. The minimum absolute atomic E-state index is 0.173. The molecule has 5 heteroatoms. The molecule has 0 amide bonds. The van der Waals surface area contributed by atoms with Gasteiger partial charge in [-0.3, -0.25) is 10.1 Å². The summed E-state index contributed by atoms with van der Waals surface area (Å²) in [6, 6.07) is 13.2. The van der Waals surface area contributed by atoms with E-state index in [1.165, 1.54) is 0 Å². The molecule has 104 valence electrons. The highest BCUT2D eigenvalue weighted by atomic mass is 79.9. The summed E-state index contributed by atoms with van der Waals surface area (Å²) in [4.78, 5) is 10.7. The molecular weight excluding hydrogens is 320 g/mol. The molecule has 0 bridgehead atoms. The van der Waals surface area contributed by atoms with Crippen LogP contribution < -0.4 is 5.32 Å². The highest BCUT2D eigenvalue weighted by molar-refractivity contribution is 9.10. The van der Waals surface area contributed by atoms with E-state index in [9.17, 15) is 10.1 Å². The van der Waals surface area contributed by atoms with Gasteiger partial charge in [-0.1, -0.05) is 41.1 Å². The quantitative estimate of drug-likeness (QED) is 0.645. The number of benzene rings is 2. The fourth-order valence-corrected chi connectivity index (χ4v) is 2.44. The molecule has 2 rings (SSSR count). The second kappa shape index (κ2) is 6.52. The molecule has 20 heavy (non-hydrogen) atoms. The third kappa shape index (κ3) is 3.57. The number of rotatable bonds is 5. The monoisotopic (exact) mass is 334 g/mol. The van der Waals surface area contributed by atoms with E-state index in [0.29, 0.717) is 13.0 Å². The van der Waals surface area contributed by atoms with E-state index in [4.69, 9.17) is 0 Å². The maximum absolute atomic E-state index is 11.0. The molecule has 4 nitrogen and oxygen atoms in total. The maximum atomic E-state index is 11.0. The summed E-state index contributed by atoms with van der Waals surface area (Å²) >= 11 is 3.42. The van der Waals surface area contributed by atoms with Crippen LogP contribution in [-0.2, 0) is 13.0 Å². The van der Waals surface area contributed by atoms with Crippen LogP contribution in [0.3, 0.4) is 0 Å². The van der Waals surface area contributed by atoms with Gasteiger partial charge >= 0.3 is 0 Å². The van der Waals surface area contributed by atoms with Crippen molar-refractivity contribution >= 4 is 27.3 Å². The summed E-state index contributed by atoms with van der Waals surface area (Å²) in [7, 11) is 0. The zero-order valence-corrected chi connectivity index (χ0v) is 12.7. The summed E-state index contributed by atoms with van der Waals surface area (Å²) in [5.74, 6) is 0. The van der Waals surface area contributed by atoms with Crippen molar-refractivity contribution in [3.05, 3.63) is 68.2 Å². The molecule has 1 N–H and O–H groups in total. The molecule has 0 heterocycles. The average Bonchev–Trinajstić information content (AvgIpc) is 2.45. The smallest absolute Gasteiger partial charge is 0.274 e. The molecule has 2 aromatic rings. The van der Waals surface area contributed by atoms with Gasteiger partial charge in [0.15, 0.2) is 0 Å². The highest BCUT2D eigenvalue weighted by Gasteiger charge is 2.12. The lowest BCUT2D eigenvalue weighted by Gasteiger charge is -2.08. The van der Waals surface area contributed by atoms with Crippen LogP contribution in [0.4, 0.5) is 11.4 Å². The molecule has 0 saturated heterocycles. The third-order valence-electron chi connectivity index (χ3n) is 3.05. The van der Waals surface area contributed by atoms with E-state index >= 15 is 0 Å². The number of nitrogens with zero attached hydrogens (tertiary/aromatic N) is 1. The van der Waals surface area contributed by atoms with Gasteiger partial charge in [-0.2, -0.15) is 0 Å². The normalized spacial score (nSPS) is 10.3. The van der Waals surface area contributed by atoms with Gasteiger partial charge in [0.25, 0.3) is 5.69 Å². The van der Waals surface area contributed by atoms with E-state index < -0.39 is 0 Å². The summed E-state index contributed by atoms with van der Waals surface area (Å²) in [5.41, 5.74) is 2.80. The van der Waals surface area contributed by atoms with E-state index in [2.05, 4.69) is 21.2 Å². The number of halogens is 1. The first-order valence-electron chi connectivity index (χ1n) is 6.35. The molecule has 0 radical (unpaired) electrons. The van der Waals surface area contributed by atoms with Gasteiger partial charge in [-0.05, 0) is 30.2 Å². The Labute approximate surface area is 126 Å². The lowest BCUT2D eigenvalue weighted by atomic mass is 10.1. The van der Waals surface area contributed by atoms with Gasteiger partial charge in [0.1, 0.15) is 0 Å². The Morgan fingerprint density at radius 1 is 1.25 bits per heavy atom. The van der Waals surface area contributed by atoms with Crippen molar-refractivity contribution < 1.29 is 4.92 Å². The molecule has 0 fully saturated rings. The lowest BCUT2D eigenvalue weighted by Crippen LogP contribution is -2.01. The van der Waals surface area contributed by atoms with Crippen molar-refractivity contribution in [1.29, 1.82) is 0 Å². The summed E-state index contributed by atoms with van der Waals surface area (Å²) in [5, 5.41) is 14.2. The van der Waals surface area contributed by atoms with Gasteiger partial charge in [-0.25, -0.2) is 0 Å². The van der Waals surface area contributed by atoms with Gasteiger partial charge in [0, 0.05) is 28.3 Å². The Morgan fingerprint density at radius 2 is 2.05 bits per heavy atom. The number of aryl methyl sites for hydroxylation is 1. The largest absolute Gasteiger partial charge is 0.381 e. The zero-order valence-electron chi connectivity index (χ0n) is 11.1. The number of nitro groups is 1. The first-order valence-corrected chi connectivity index (χ1v) is 7.15. The van der Waals surface area contributed by atoms with Crippen LogP contribution in [0.2, 0.25) is 0 Å². The molecular formula is C15H15BrN2O2. The SMILES string of the molecule is CCc1ccc(NCc2cccc(Br)c2)cc1[N+](=O)[O-]. The lowest BCUT2D eigenvalue weighted by molar-refractivity contribution is -0.385. The average molecular weight is 335 g/mol. The van der Waals surface area contributed by atoms with Crippen LogP contribution in [-0.4, -0.2) is 4.92 Å². The minimum Gasteiger partial charge on any atom is -0.381 e. The summed E-state index contributed by atoms with van der Waals surface area (Å²) in [6.45, 7) is 2.54. The zero-order chi connectivity index (χ0) is 14.5. The second-order valence-electron chi connectivity index (χ2n) is 4.44. The van der Waals surface area contributed by atoms with Crippen LogP contribution in [0.15, 0.2) is 46.9 Å². The molecule has 0 aromatic heterocycles. The molecule has 0 saturated carbocycles. The van der Waals surface area contributed by atoms with Crippen LogP contribution >= 0.6 is 15.9 Å². The van der Waals surface area contributed by atoms with Gasteiger partial charge in [0.05, 0.1) is 4.92 Å². The molecule has 0 spiro atoms. The van der Waals surface area contributed by atoms with Gasteiger partial charge in [-0.15, -0.1) is 0 Å². The summed E-state index contributed by atoms with van der Waals surface area (Å²) < 4.78 is 1.02. The molecule has 0 unspecified atom stereocenters. The van der Waals surface area contributed by atoms with Crippen LogP contribution in [0, 0.1) is 10.1 Å². The Bertz CT molecular complexity index is 629. The molecule has 0 aliphatic rings. The minimum atomic E-state index is -0.330. The van der Waals surface area contributed by atoms with Crippen molar-refractivity contribution in [1.82, 2.24) is 0 Å². The van der Waals surface area contributed by atoms with Crippen molar-refractivity contribution in [2.45, 2.75) is 19.9 Å². The van der Waals surface area contributed by atoms with E-state index in [1.54, 1.807) is 12.1 Å². The van der Waals surface area contributed by atoms with Crippen molar-refractivity contribution in [2.24, 2.45) is 0 Å². The van der Waals surface area contributed by atoms with Crippen molar-refractivity contribution in [3.8, 4) is 0 Å². The molecule has 0 aliphatic carbocycles. The van der Waals surface area contributed by atoms with E-state index in [1.807, 2.05) is 37.3 Å². The maximum Gasteiger partial charge on any atom is 0.274 e. The number of nitrogens with one attached hydrogen (secondary N) is 1. The number of hydrogen-bond donors (Lipinski definition) is 1. The Hall–Kier alpha value is -1.88. The van der Waals surface area contributed by atoms with E-state index in [-0.39, 0.29) is 10.6 Å². The fraction of sp³-hybridized carbons (Fsp3) is 0.200. The number of anilines is 1. The van der Waals surface area contributed by atoms with Crippen molar-refractivity contribution in [3.63, 3.8) is 0 Å². The predicted molar refractivity (Wildman–Crippen MR) is 83.9 cm³/mol. The highest BCUT2D eigenvalue weighted by Crippen LogP contribution is 2.24. The van der Waals surface area contributed by atoms with Crippen LogP contribution in [0.5, 0.6) is 0 Å². The van der Waals surface area contributed by atoms with E-state index in [0.717, 1.165) is 21.3 Å². The predicted octanol–water partition coefficient (Wildman–Crippen LogP) is 4.53. The van der Waals surface area contributed by atoms with Crippen LogP contribution in [0.1, 0.15) is 18.1 Å². The second-order valence-corrected chi connectivity index (χ2v) is 5.35. The van der Waals surface area contributed by atoms with Gasteiger partial charge < -0.3 is 5.32 Å². The molecule has 0 aliphatic heterocycles. The topological polar surface area (TPSA) is 55.2 Å². The van der Waals surface area contributed by atoms with Crippen LogP contribution in [0.25, 0.3) is 0 Å². The number of nitro benzene ring substituents is 1. The van der Waals surface area contributed by atoms with Gasteiger partial charge in [0.2, 0.25) is 0 Å². The fourth-order valence-electron chi connectivity index (χ4n) is 1.99. The first-order chi connectivity index (χ1) is 9.60. The molecule has 0 atom stereocenters. The summed E-state index contributed by atoms with van der Waals surface area (Å²) in [6.07, 6.45) is 0.655. The number of hydrogen-bond acceptors (Lipinski definition) is 3. The Balaban J connectivity index is 2.14. The molecule has 2 aromatic carbocycles. The van der Waals surface area contributed by atoms with Crippen molar-refractivity contribution in [2.75, 3.05) is 5.32 Å².